The molecule has 2 aromatic rings. The Morgan fingerprint density at radius 3 is 2.67 bits per heavy atom. The highest BCUT2D eigenvalue weighted by atomic mass is 32.1. The number of aryl methyl sites for hydroxylation is 2. The lowest BCUT2D eigenvalue weighted by Gasteiger charge is -2.35. The third kappa shape index (κ3) is 3.30. The van der Waals surface area contributed by atoms with E-state index >= 15 is 0 Å². The molecule has 3 rings (SSSR count). The first-order valence-corrected chi connectivity index (χ1v) is 7.91. The molecule has 0 radical (unpaired) electrons. The van der Waals surface area contributed by atoms with E-state index < -0.39 is 0 Å². The number of anilines is 1. The first kappa shape index (κ1) is 14.2. The molecule has 0 N–H and O–H groups in total. The quantitative estimate of drug-likeness (QED) is 0.842. The normalized spacial score (nSPS) is 16.4. The summed E-state index contributed by atoms with van der Waals surface area (Å²) in [4.78, 5) is 20.8. The molecule has 7 heteroatoms. The lowest BCUT2D eigenvalue weighted by Crippen LogP contribution is -2.46. The van der Waals surface area contributed by atoms with E-state index in [0.29, 0.717) is 0 Å². The number of thiazole rings is 1. The molecular formula is C14H19N5OS. The Kier molecular flexibility index (Phi) is 4.03. The van der Waals surface area contributed by atoms with Gasteiger partial charge in [0, 0.05) is 51.2 Å². The van der Waals surface area contributed by atoms with Crippen LogP contribution in [-0.4, -0.2) is 45.8 Å². The van der Waals surface area contributed by atoms with Crippen LogP contribution in [0.4, 0.5) is 5.69 Å². The maximum absolute atomic E-state index is 11.6. The van der Waals surface area contributed by atoms with Crippen LogP contribution in [0.2, 0.25) is 0 Å². The molecule has 112 valence electrons. The van der Waals surface area contributed by atoms with Gasteiger partial charge in [-0.2, -0.15) is 5.10 Å². The van der Waals surface area contributed by atoms with Crippen LogP contribution in [0.3, 0.4) is 0 Å². The summed E-state index contributed by atoms with van der Waals surface area (Å²) < 4.78 is 1.35. The van der Waals surface area contributed by atoms with Gasteiger partial charge in [0.1, 0.15) is 0 Å². The summed E-state index contributed by atoms with van der Waals surface area (Å²) in [5.41, 5.74) is 2.01. The lowest BCUT2D eigenvalue weighted by molar-refractivity contribution is 0.247. The monoisotopic (exact) mass is 305 g/mol. The molecule has 0 bridgehead atoms. The summed E-state index contributed by atoms with van der Waals surface area (Å²) >= 11 is 1.70. The molecule has 0 unspecified atom stereocenters. The standard InChI is InChI=1S/C14H19N5OS/c1-11-16-12(10-21-11)9-18-3-5-19(6-4-18)13-7-14(20)17(2)15-8-13/h7-8,10H,3-6,9H2,1-2H3. The predicted molar refractivity (Wildman–Crippen MR) is 83.8 cm³/mol. The second kappa shape index (κ2) is 5.95. The fraction of sp³-hybridized carbons (Fsp3) is 0.500. The molecule has 0 saturated carbocycles. The summed E-state index contributed by atoms with van der Waals surface area (Å²) in [6.45, 7) is 6.73. The Morgan fingerprint density at radius 1 is 1.29 bits per heavy atom. The summed E-state index contributed by atoms with van der Waals surface area (Å²) in [6, 6.07) is 1.66. The van der Waals surface area contributed by atoms with Gasteiger partial charge < -0.3 is 4.90 Å². The van der Waals surface area contributed by atoms with Gasteiger partial charge in [0.05, 0.1) is 22.6 Å². The van der Waals surface area contributed by atoms with E-state index in [9.17, 15) is 4.79 Å². The van der Waals surface area contributed by atoms with E-state index in [4.69, 9.17) is 0 Å². The number of piperazine rings is 1. The molecule has 0 spiro atoms. The number of hydrogen-bond acceptors (Lipinski definition) is 6. The lowest BCUT2D eigenvalue weighted by atomic mass is 10.2. The highest BCUT2D eigenvalue weighted by Gasteiger charge is 2.18. The molecule has 0 amide bonds. The second-order valence-electron chi connectivity index (χ2n) is 5.30. The topological polar surface area (TPSA) is 54.3 Å². The largest absolute Gasteiger partial charge is 0.368 e. The maximum Gasteiger partial charge on any atom is 0.268 e. The Labute approximate surface area is 127 Å². The average molecular weight is 305 g/mol. The van der Waals surface area contributed by atoms with Crippen molar-refractivity contribution in [3.8, 4) is 0 Å². The van der Waals surface area contributed by atoms with Gasteiger partial charge in [-0.1, -0.05) is 0 Å². The molecule has 3 heterocycles. The van der Waals surface area contributed by atoms with Gasteiger partial charge in [-0.3, -0.25) is 9.69 Å². The van der Waals surface area contributed by atoms with Crippen molar-refractivity contribution in [1.82, 2.24) is 19.7 Å². The van der Waals surface area contributed by atoms with Crippen molar-refractivity contribution < 1.29 is 0 Å². The fourth-order valence-corrected chi connectivity index (χ4v) is 3.11. The minimum atomic E-state index is -0.0622. The van der Waals surface area contributed by atoms with Crippen LogP contribution in [0, 0.1) is 6.92 Å². The van der Waals surface area contributed by atoms with Crippen LogP contribution >= 0.6 is 11.3 Å². The Balaban J connectivity index is 1.59. The van der Waals surface area contributed by atoms with Crippen molar-refractivity contribution in [3.63, 3.8) is 0 Å². The van der Waals surface area contributed by atoms with Crippen LogP contribution in [0.15, 0.2) is 22.4 Å². The number of hydrogen-bond donors (Lipinski definition) is 0. The molecule has 2 aromatic heterocycles. The van der Waals surface area contributed by atoms with Crippen molar-refractivity contribution in [1.29, 1.82) is 0 Å². The number of nitrogens with zero attached hydrogens (tertiary/aromatic N) is 5. The van der Waals surface area contributed by atoms with E-state index in [-0.39, 0.29) is 5.56 Å². The molecule has 1 aliphatic heterocycles. The van der Waals surface area contributed by atoms with Crippen molar-refractivity contribution in [3.05, 3.63) is 38.7 Å². The minimum Gasteiger partial charge on any atom is -0.368 e. The number of rotatable bonds is 3. The molecule has 6 nitrogen and oxygen atoms in total. The van der Waals surface area contributed by atoms with Gasteiger partial charge in [-0.05, 0) is 6.92 Å². The van der Waals surface area contributed by atoms with E-state index in [2.05, 4.69) is 25.3 Å². The Bertz CT molecular complexity index is 672. The first-order valence-electron chi connectivity index (χ1n) is 7.03. The van der Waals surface area contributed by atoms with E-state index in [0.717, 1.165) is 49.1 Å². The van der Waals surface area contributed by atoms with Gasteiger partial charge >= 0.3 is 0 Å². The van der Waals surface area contributed by atoms with Gasteiger partial charge in [-0.15, -0.1) is 11.3 Å². The third-order valence-corrected chi connectivity index (χ3v) is 4.57. The second-order valence-corrected chi connectivity index (χ2v) is 6.36. The first-order chi connectivity index (χ1) is 10.1. The van der Waals surface area contributed by atoms with Gasteiger partial charge in [-0.25, -0.2) is 9.67 Å². The SMILES string of the molecule is Cc1nc(CN2CCN(c3cnn(C)c(=O)c3)CC2)cs1. The molecule has 0 aliphatic carbocycles. The third-order valence-electron chi connectivity index (χ3n) is 3.74. The van der Waals surface area contributed by atoms with E-state index in [1.807, 2.05) is 6.92 Å². The Hall–Kier alpha value is -1.73. The summed E-state index contributed by atoms with van der Waals surface area (Å²) in [5.74, 6) is 0. The molecule has 1 aliphatic rings. The summed E-state index contributed by atoms with van der Waals surface area (Å²) in [6.07, 6.45) is 1.76. The zero-order chi connectivity index (χ0) is 14.8. The molecule has 0 atom stereocenters. The molecule has 0 aromatic carbocycles. The molecular weight excluding hydrogens is 286 g/mol. The smallest absolute Gasteiger partial charge is 0.268 e. The Morgan fingerprint density at radius 2 is 2.05 bits per heavy atom. The van der Waals surface area contributed by atoms with Crippen LogP contribution in [0.5, 0.6) is 0 Å². The predicted octanol–water partition coefficient (Wildman–Crippen LogP) is 0.867. The highest BCUT2D eigenvalue weighted by Crippen LogP contribution is 2.15. The van der Waals surface area contributed by atoms with Crippen LogP contribution in [-0.2, 0) is 13.6 Å². The van der Waals surface area contributed by atoms with Crippen molar-refractivity contribution in [2.24, 2.45) is 7.05 Å². The van der Waals surface area contributed by atoms with Crippen molar-refractivity contribution in [2.75, 3.05) is 31.1 Å². The van der Waals surface area contributed by atoms with Gasteiger partial charge in [0.2, 0.25) is 0 Å². The van der Waals surface area contributed by atoms with Gasteiger partial charge in [0.25, 0.3) is 5.56 Å². The van der Waals surface area contributed by atoms with E-state index in [1.165, 1.54) is 4.68 Å². The van der Waals surface area contributed by atoms with Crippen LogP contribution < -0.4 is 10.5 Å². The number of aromatic nitrogens is 3. The minimum absolute atomic E-state index is 0.0622. The molecule has 1 fully saturated rings. The van der Waals surface area contributed by atoms with Crippen molar-refractivity contribution >= 4 is 17.0 Å². The summed E-state index contributed by atoms with van der Waals surface area (Å²) in [7, 11) is 1.67. The fourth-order valence-electron chi connectivity index (χ4n) is 2.51. The van der Waals surface area contributed by atoms with Crippen LogP contribution in [0.1, 0.15) is 10.7 Å². The highest BCUT2D eigenvalue weighted by molar-refractivity contribution is 7.09. The van der Waals surface area contributed by atoms with Crippen molar-refractivity contribution in [2.45, 2.75) is 13.5 Å². The van der Waals surface area contributed by atoms with Crippen LogP contribution in [0.25, 0.3) is 0 Å². The molecule has 1 saturated heterocycles. The molecule has 21 heavy (non-hydrogen) atoms. The average Bonchev–Trinajstić information content (AvgIpc) is 2.88. The zero-order valence-electron chi connectivity index (χ0n) is 12.3. The van der Waals surface area contributed by atoms with E-state index in [1.54, 1.807) is 30.6 Å². The maximum atomic E-state index is 11.6. The zero-order valence-corrected chi connectivity index (χ0v) is 13.1. The summed E-state index contributed by atoms with van der Waals surface area (Å²) in [5, 5.41) is 7.34. The van der Waals surface area contributed by atoms with Gasteiger partial charge in [0.15, 0.2) is 0 Å².